The van der Waals surface area contributed by atoms with Crippen molar-refractivity contribution in [3.05, 3.63) is 54.1 Å². The van der Waals surface area contributed by atoms with Crippen molar-refractivity contribution in [2.75, 3.05) is 26.7 Å². The lowest BCUT2D eigenvalue weighted by molar-refractivity contribution is 0.292. The molecule has 0 aliphatic rings. The molecule has 0 bridgehead atoms. The minimum Gasteiger partial charge on any atom is -0.354 e. The van der Waals surface area contributed by atoms with Crippen molar-refractivity contribution >= 4 is 29.9 Å². The van der Waals surface area contributed by atoms with Crippen LogP contribution in [0.15, 0.2) is 47.7 Å². The van der Waals surface area contributed by atoms with Crippen molar-refractivity contribution in [1.29, 1.82) is 0 Å². The Labute approximate surface area is 193 Å². The standard InChI is InChI=1S/C22H36N6.HI/c1-5-27(6-2)15-10-11-19(3)26-22(23-4)25-17-21-24-14-16-28(21)18-20-12-8-7-9-13-20;/h7-9,12-14,16,19H,5-6,10-11,15,17-18H2,1-4H3,(H2,23,25,26);1H. The maximum absolute atomic E-state index is 4.50. The zero-order chi connectivity index (χ0) is 20.2. The number of aromatic nitrogens is 2. The van der Waals surface area contributed by atoms with E-state index < -0.39 is 0 Å². The molecule has 0 aliphatic carbocycles. The molecule has 0 fully saturated rings. The van der Waals surface area contributed by atoms with Crippen LogP contribution in [0.2, 0.25) is 0 Å². The topological polar surface area (TPSA) is 57.5 Å². The predicted octanol–water partition coefficient (Wildman–Crippen LogP) is 3.72. The van der Waals surface area contributed by atoms with E-state index in [9.17, 15) is 0 Å². The Balaban J connectivity index is 0.00000420. The third-order valence-corrected chi connectivity index (χ3v) is 5.02. The number of aliphatic imine (C=N–C) groups is 1. The number of rotatable bonds is 11. The van der Waals surface area contributed by atoms with Crippen LogP contribution in [0.4, 0.5) is 0 Å². The average Bonchev–Trinajstić information content (AvgIpc) is 3.16. The van der Waals surface area contributed by atoms with Gasteiger partial charge in [0.1, 0.15) is 5.82 Å². The van der Waals surface area contributed by atoms with Crippen LogP contribution in [0.5, 0.6) is 0 Å². The number of nitrogens with zero attached hydrogens (tertiary/aromatic N) is 4. The predicted molar refractivity (Wildman–Crippen MR) is 133 cm³/mol. The fraction of sp³-hybridized carbons (Fsp3) is 0.545. The second-order valence-electron chi connectivity index (χ2n) is 7.10. The van der Waals surface area contributed by atoms with Crippen LogP contribution in [-0.4, -0.2) is 53.1 Å². The molecule has 0 amide bonds. The summed E-state index contributed by atoms with van der Waals surface area (Å²) in [6, 6.07) is 10.8. The van der Waals surface area contributed by atoms with Gasteiger partial charge in [-0.05, 0) is 45.0 Å². The third kappa shape index (κ3) is 9.16. The molecular weight excluding hydrogens is 475 g/mol. The van der Waals surface area contributed by atoms with Crippen LogP contribution in [0.3, 0.4) is 0 Å². The van der Waals surface area contributed by atoms with E-state index in [0.717, 1.165) is 44.4 Å². The zero-order valence-corrected chi connectivity index (χ0v) is 20.6. The van der Waals surface area contributed by atoms with Gasteiger partial charge in [0, 0.05) is 32.0 Å². The molecule has 0 saturated carbocycles. The SMILES string of the molecule is CCN(CC)CCCC(C)NC(=NC)NCc1nccn1Cc1ccccc1.I. The van der Waals surface area contributed by atoms with Gasteiger partial charge in [-0.2, -0.15) is 0 Å². The van der Waals surface area contributed by atoms with Gasteiger partial charge in [0.15, 0.2) is 5.96 Å². The van der Waals surface area contributed by atoms with Gasteiger partial charge in [-0.15, -0.1) is 24.0 Å². The second-order valence-corrected chi connectivity index (χ2v) is 7.10. The first-order valence-corrected chi connectivity index (χ1v) is 10.4. The van der Waals surface area contributed by atoms with E-state index in [1.54, 1.807) is 0 Å². The summed E-state index contributed by atoms with van der Waals surface area (Å²) in [5, 5.41) is 6.89. The fourth-order valence-corrected chi connectivity index (χ4v) is 3.26. The first kappa shape index (κ1) is 25.4. The van der Waals surface area contributed by atoms with E-state index in [4.69, 9.17) is 0 Å². The highest BCUT2D eigenvalue weighted by molar-refractivity contribution is 14.0. The molecule has 1 unspecified atom stereocenters. The molecule has 2 N–H and O–H groups in total. The number of guanidine groups is 1. The minimum atomic E-state index is 0. The first-order valence-electron chi connectivity index (χ1n) is 10.4. The van der Waals surface area contributed by atoms with Crippen LogP contribution in [0, 0.1) is 0 Å². The lowest BCUT2D eigenvalue weighted by Gasteiger charge is -2.21. The van der Waals surface area contributed by atoms with Crippen LogP contribution < -0.4 is 10.6 Å². The second kappa shape index (κ2) is 14.4. The molecule has 1 heterocycles. The van der Waals surface area contributed by atoms with Crippen molar-refractivity contribution in [3.8, 4) is 0 Å². The van der Waals surface area contributed by atoms with E-state index in [0.29, 0.717) is 12.6 Å². The number of nitrogens with one attached hydrogen (secondary N) is 2. The van der Waals surface area contributed by atoms with Crippen LogP contribution >= 0.6 is 24.0 Å². The van der Waals surface area contributed by atoms with E-state index in [1.165, 1.54) is 12.0 Å². The lowest BCUT2D eigenvalue weighted by atomic mass is 10.2. The molecule has 0 saturated heterocycles. The molecule has 1 aromatic heterocycles. The van der Waals surface area contributed by atoms with Crippen molar-refractivity contribution in [2.45, 2.75) is 52.7 Å². The molecule has 162 valence electrons. The van der Waals surface area contributed by atoms with E-state index in [2.05, 4.69) is 75.1 Å². The van der Waals surface area contributed by atoms with Crippen molar-refractivity contribution in [1.82, 2.24) is 25.1 Å². The molecule has 7 heteroatoms. The Morgan fingerprint density at radius 2 is 1.93 bits per heavy atom. The first-order chi connectivity index (χ1) is 13.7. The Morgan fingerprint density at radius 1 is 1.21 bits per heavy atom. The summed E-state index contributed by atoms with van der Waals surface area (Å²) < 4.78 is 2.17. The summed E-state index contributed by atoms with van der Waals surface area (Å²) >= 11 is 0. The molecule has 2 rings (SSSR count). The Morgan fingerprint density at radius 3 is 2.59 bits per heavy atom. The molecule has 6 nitrogen and oxygen atoms in total. The molecular formula is C22H37IN6. The molecule has 0 radical (unpaired) electrons. The highest BCUT2D eigenvalue weighted by Crippen LogP contribution is 2.05. The van der Waals surface area contributed by atoms with Crippen LogP contribution in [0.1, 0.15) is 45.0 Å². The third-order valence-electron chi connectivity index (χ3n) is 5.02. The van der Waals surface area contributed by atoms with E-state index in [1.807, 2.05) is 25.5 Å². The quantitative estimate of drug-likeness (QED) is 0.274. The Kier molecular flexibility index (Phi) is 12.6. The summed E-state index contributed by atoms with van der Waals surface area (Å²) in [4.78, 5) is 11.3. The largest absolute Gasteiger partial charge is 0.354 e. The summed E-state index contributed by atoms with van der Waals surface area (Å²) in [6.45, 7) is 11.5. The zero-order valence-electron chi connectivity index (χ0n) is 18.3. The molecule has 1 aromatic carbocycles. The number of benzene rings is 1. The van der Waals surface area contributed by atoms with E-state index in [-0.39, 0.29) is 24.0 Å². The fourth-order valence-electron chi connectivity index (χ4n) is 3.26. The van der Waals surface area contributed by atoms with Gasteiger partial charge in [0.25, 0.3) is 0 Å². The normalized spacial score (nSPS) is 12.5. The molecule has 2 aromatic rings. The Bertz CT molecular complexity index is 696. The molecule has 1 atom stereocenters. The van der Waals surface area contributed by atoms with Crippen molar-refractivity contribution in [3.63, 3.8) is 0 Å². The lowest BCUT2D eigenvalue weighted by Crippen LogP contribution is -2.42. The highest BCUT2D eigenvalue weighted by Gasteiger charge is 2.08. The minimum absolute atomic E-state index is 0. The van der Waals surface area contributed by atoms with Gasteiger partial charge in [0.2, 0.25) is 0 Å². The summed E-state index contributed by atoms with van der Waals surface area (Å²) in [5.74, 6) is 1.82. The van der Waals surface area contributed by atoms with Crippen LogP contribution in [0.25, 0.3) is 0 Å². The van der Waals surface area contributed by atoms with E-state index >= 15 is 0 Å². The van der Waals surface area contributed by atoms with Gasteiger partial charge in [0.05, 0.1) is 6.54 Å². The monoisotopic (exact) mass is 512 g/mol. The van der Waals surface area contributed by atoms with Gasteiger partial charge >= 0.3 is 0 Å². The van der Waals surface area contributed by atoms with Crippen molar-refractivity contribution < 1.29 is 0 Å². The van der Waals surface area contributed by atoms with Crippen LogP contribution in [-0.2, 0) is 13.1 Å². The average molecular weight is 512 g/mol. The van der Waals surface area contributed by atoms with Gasteiger partial charge < -0.3 is 20.1 Å². The van der Waals surface area contributed by atoms with Gasteiger partial charge in [-0.25, -0.2) is 4.98 Å². The molecule has 29 heavy (non-hydrogen) atoms. The van der Waals surface area contributed by atoms with Gasteiger partial charge in [-0.3, -0.25) is 4.99 Å². The summed E-state index contributed by atoms with van der Waals surface area (Å²) in [7, 11) is 1.81. The maximum atomic E-state index is 4.50. The number of hydrogen-bond acceptors (Lipinski definition) is 3. The molecule has 0 spiro atoms. The smallest absolute Gasteiger partial charge is 0.191 e. The van der Waals surface area contributed by atoms with Gasteiger partial charge in [-0.1, -0.05) is 44.2 Å². The number of halogens is 1. The molecule has 0 aliphatic heterocycles. The maximum Gasteiger partial charge on any atom is 0.191 e. The van der Waals surface area contributed by atoms with Crippen molar-refractivity contribution in [2.24, 2.45) is 4.99 Å². The number of imidazole rings is 1. The Hall–Kier alpha value is -1.61. The number of hydrogen-bond donors (Lipinski definition) is 2. The summed E-state index contributed by atoms with van der Waals surface area (Å²) in [5.41, 5.74) is 1.27. The summed E-state index contributed by atoms with van der Waals surface area (Å²) in [6.07, 6.45) is 6.19. The highest BCUT2D eigenvalue weighted by atomic mass is 127.